The first-order valence-electron chi connectivity index (χ1n) is 10.8. The number of benzene rings is 2. The maximum absolute atomic E-state index is 14.2. The third-order valence-electron chi connectivity index (χ3n) is 6.86. The van der Waals surface area contributed by atoms with Crippen molar-refractivity contribution in [1.82, 2.24) is 14.8 Å². The summed E-state index contributed by atoms with van der Waals surface area (Å²) in [6.45, 7) is 6.09. The van der Waals surface area contributed by atoms with E-state index >= 15 is 0 Å². The molecule has 0 spiro atoms. The van der Waals surface area contributed by atoms with Gasteiger partial charge in [-0.1, -0.05) is 13.8 Å². The lowest BCUT2D eigenvalue weighted by atomic mass is 9.60. The summed E-state index contributed by atoms with van der Waals surface area (Å²) in [5.41, 5.74) is 4.33. The Balaban J connectivity index is 1.81. The predicted molar refractivity (Wildman–Crippen MR) is 121 cm³/mol. The van der Waals surface area contributed by atoms with E-state index in [0.717, 1.165) is 33.2 Å². The lowest BCUT2D eigenvalue weighted by molar-refractivity contribution is -0.154. The van der Waals surface area contributed by atoms with Crippen LogP contribution < -0.4 is 4.74 Å². The van der Waals surface area contributed by atoms with Gasteiger partial charge in [-0.3, -0.25) is 9.89 Å². The minimum atomic E-state index is -0.747. The van der Waals surface area contributed by atoms with E-state index in [4.69, 9.17) is 4.74 Å². The second-order valence-electron chi connectivity index (χ2n) is 9.41. The van der Waals surface area contributed by atoms with Gasteiger partial charge in [0.1, 0.15) is 0 Å². The number of nitrogens with zero attached hydrogens (tertiary/aromatic N) is 2. The molecule has 2 aromatic carbocycles. The molecule has 0 aliphatic heterocycles. The van der Waals surface area contributed by atoms with E-state index in [1.165, 1.54) is 18.7 Å². The van der Waals surface area contributed by atoms with Crippen LogP contribution in [0.5, 0.6) is 5.75 Å². The fraction of sp³-hybridized carbons (Fsp3) is 0.360. The molecule has 1 aliphatic rings. The van der Waals surface area contributed by atoms with Crippen molar-refractivity contribution in [2.75, 3.05) is 7.11 Å². The maximum Gasteiger partial charge on any atom is 0.309 e. The van der Waals surface area contributed by atoms with Crippen LogP contribution in [0.2, 0.25) is 0 Å². The van der Waals surface area contributed by atoms with Crippen molar-refractivity contribution in [2.24, 2.45) is 5.41 Å². The zero-order valence-corrected chi connectivity index (χ0v) is 18.6. The van der Waals surface area contributed by atoms with Gasteiger partial charge in [0.25, 0.3) is 0 Å². The third kappa shape index (κ3) is 2.91. The van der Waals surface area contributed by atoms with Gasteiger partial charge in [0, 0.05) is 28.2 Å². The number of H-pyrrole nitrogens is 1. The van der Waals surface area contributed by atoms with Crippen LogP contribution in [0, 0.1) is 11.2 Å². The van der Waals surface area contributed by atoms with Crippen molar-refractivity contribution in [1.29, 1.82) is 0 Å². The Morgan fingerprint density at radius 3 is 2.72 bits per heavy atom. The zero-order chi connectivity index (χ0) is 22.8. The van der Waals surface area contributed by atoms with Crippen LogP contribution in [-0.2, 0) is 4.79 Å². The highest BCUT2D eigenvalue weighted by molar-refractivity contribution is 5.99. The first kappa shape index (κ1) is 20.5. The quantitative estimate of drug-likeness (QED) is 0.419. The molecule has 32 heavy (non-hydrogen) atoms. The van der Waals surface area contributed by atoms with Gasteiger partial charge in [-0.2, -0.15) is 5.10 Å². The number of carboxylic acids is 1. The molecule has 1 fully saturated rings. The highest BCUT2D eigenvalue weighted by atomic mass is 19.1. The minimum Gasteiger partial charge on any atom is -0.494 e. The Kier molecular flexibility index (Phi) is 4.55. The lowest BCUT2D eigenvalue weighted by Crippen LogP contribution is -2.40. The number of aromatic amines is 1. The van der Waals surface area contributed by atoms with Crippen LogP contribution in [0.4, 0.5) is 4.39 Å². The smallest absolute Gasteiger partial charge is 0.309 e. The molecule has 1 aliphatic carbocycles. The zero-order valence-electron chi connectivity index (χ0n) is 18.6. The lowest BCUT2D eigenvalue weighted by Gasteiger charge is -2.42. The second kappa shape index (κ2) is 7.08. The fourth-order valence-corrected chi connectivity index (χ4v) is 5.24. The molecule has 2 heterocycles. The van der Waals surface area contributed by atoms with E-state index in [1.807, 2.05) is 6.92 Å². The van der Waals surface area contributed by atoms with Crippen LogP contribution in [0.3, 0.4) is 0 Å². The standard InChI is InChI=1S/C25H26FN3O3/c1-13(2)23-22(15-10-25(3,11-15)24(30)31)17-9-19-14(12-27-28-19)7-20(17)29(23)16-5-6-18(26)21(8-16)32-4/h5-9,12-13,15H,10-11H2,1-4H3,(H,27,28)(H,30,31). The van der Waals surface area contributed by atoms with Crippen molar-refractivity contribution in [3.63, 3.8) is 0 Å². The number of aromatic nitrogens is 3. The molecule has 166 valence electrons. The van der Waals surface area contributed by atoms with Crippen molar-refractivity contribution in [3.05, 3.63) is 53.6 Å². The number of nitrogens with one attached hydrogen (secondary N) is 1. The van der Waals surface area contributed by atoms with E-state index in [9.17, 15) is 14.3 Å². The highest BCUT2D eigenvalue weighted by Crippen LogP contribution is 2.55. The van der Waals surface area contributed by atoms with Gasteiger partial charge in [-0.15, -0.1) is 0 Å². The van der Waals surface area contributed by atoms with Gasteiger partial charge in [0.05, 0.1) is 29.8 Å². The maximum atomic E-state index is 14.2. The van der Waals surface area contributed by atoms with Gasteiger partial charge in [0.2, 0.25) is 0 Å². The molecule has 5 rings (SSSR count). The molecule has 0 amide bonds. The monoisotopic (exact) mass is 435 g/mol. The number of methoxy groups -OCH3 is 1. The van der Waals surface area contributed by atoms with Crippen LogP contribution in [0.1, 0.15) is 56.7 Å². The molecule has 2 N–H and O–H groups in total. The van der Waals surface area contributed by atoms with Gasteiger partial charge in [-0.25, -0.2) is 4.39 Å². The Labute approximate surface area is 185 Å². The Morgan fingerprint density at radius 2 is 2.06 bits per heavy atom. The minimum absolute atomic E-state index is 0.139. The Bertz CT molecular complexity index is 1360. The largest absolute Gasteiger partial charge is 0.494 e. The molecule has 1 saturated carbocycles. The summed E-state index contributed by atoms with van der Waals surface area (Å²) in [6.07, 6.45) is 2.97. The van der Waals surface area contributed by atoms with Gasteiger partial charge in [-0.05, 0) is 61.4 Å². The molecule has 4 aromatic rings. The van der Waals surface area contributed by atoms with Crippen molar-refractivity contribution >= 4 is 27.8 Å². The molecule has 7 heteroatoms. The first-order valence-corrected chi connectivity index (χ1v) is 10.8. The molecular formula is C25H26FN3O3. The SMILES string of the molecule is COc1cc(-n2c(C(C)C)c(C3CC(C)(C(=O)O)C3)c3cc4[nH]ncc4cc32)ccc1F. The molecule has 0 radical (unpaired) electrons. The van der Waals surface area contributed by atoms with Crippen molar-refractivity contribution in [3.8, 4) is 11.4 Å². The second-order valence-corrected chi connectivity index (χ2v) is 9.41. The van der Waals surface area contributed by atoms with Crippen LogP contribution in [-0.4, -0.2) is 33.0 Å². The normalized spacial score (nSPS) is 20.8. The number of rotatable bonds is 5. The summed E-state index contributed by atoms with van der Waals surface area (Å²) in [6, 6.07) is 9.09. The Morgan fingerprint density at radius 1 is 1.31 bits per heavy atom. The number of carbonyl (C=O) groups is 1. The molecule has 6 nitrogen and oxygen atoms in total. The van der Waals surface area contributed by atoms with E-state index in [-0.39, 0.29) is 17.6 Å². The topological polar surface area (TPSA) is 80.1 Å². The number of carboxylic acid groups (broad SMARTS) is 1. The summed E-state index contributed by atoms with van der Waals surface area (Å²) in [5, 5.41) is 18.9. The van der Waals surface area contributed by atoms with Gasteiger partial charge >= 0.3 is 5.97 Å². The van der Waals surface area contributed by atoms with E-state index in [1.54, 1.807) is 18.3 Å². The summed E-state index contributed by atoms with van der Waals surface area (Å²) in [4.78, 5) is 11.8. The third-order valence-corrected chi connectivity index (χ3v) is 6.86. The summed E-state index contributed by atoms with van der Waals surface area (Å²) >= 11 is 0. The fourth-order valence-electron chi connectivity index (χ4n) is 5.24. The van der Waals surface area contributed by atoms with Gasteiger partial charge in [0.15, 0.2) is 11.6 Å². The number of aliphatic carboxylic acids is 1. The van der Waals surface area contributed by atoms with Crippen molar-refractivity contribution < 1.29 is 19.0 Å². The molecule has 0 saturated heterocycles. The highest BCUT2D eigenvalue weighted by Gasteiger charge is 2.48. The van der Waals surface area contributed by atoms with Crippen molar-refractivity contribution in [2.45, 2.75) is 45.4 Å². The molecule has 0 unspecified atom stereocenters. The molecule has 0 atom stereocenters. The number of hydrogen-bond donors (Lipinski definition) is 2. The van der Waals surface area contributed by atoms with E-state index in [2.05, 4.69) is 40.7 Å². The van der Waals surface area contributed by atoms with Crippen LogP contribution >= 0.6 is 0 Å². The predicted octanol–water partition coefficient (Wildman–Crippen LogP) is 5.75. The number of hydrogen-bond acceptors (Lipinski definition) is 3. The average molecular weight is 435 g/mol. The number of fused-ring (bicyclic) bond motifs is 2. The average Bonchev–Trinajstić information content (AvgIpc) is 3.31. The van der Waals surface area contributed by atoms with Crippen LogP contribution in [0.25, 0.3) is 27.5 Å². The van der Waals surface area contributed by atoms with Gasteiger partial charge < -0.3 is 14.4 Å². The first-order chi connectivity index (χ1) is 15.2. The number of halogens is 1. The summed E-state index contributed by atoms with van der Waals surface area (Å²) < 4.78 is 21.6. The van der Waals surface area contributed by atoms with E-state index < -0.39 is 17.2 Å². The van der Waals surface area contributed by atoms with E-state index in [0.29, 0.717) is 12.8 Å². The summed E-state index contributed by atoms with van der Waals surface area (Å²) in [7, 11) is 1.46. The summed E-state index contributed by atoms with van der Waals surface area (Å²) in [5.74, 6) is -0.663. The Hall–Kier alpha value is -3.35. The number of ether oxygens (including phenoxy) is 1. The molecule has 2 aromatic heterocycles. The molecular weight excluding hydrogens is 409 g/mol. The van der Waals surface area contributed by atoms with Crippen LogP contribution in [0.15, 0.2) is 36.5 Å². The molecule has 0 bridgehead atoms.